The van der Waals surface area contributed by atoms with Crippen LogP contribution in [0.5, 0.6) is 0 Å². The number of halogens is 4. The molecule has 3 fully saturated rings. The zero-order valence-corrected chi connectivity index (χ0v) is 75.9. The van der Waals surface area contributed by atoms with Crippen LogP contribution in [0, 0.1) is 0 Å². The van der Waals surface area contributed by atoms with Gasteiger partial charge in [0.05, 0.1) is 38.0 Å². The number of nitrogens with one attached hydrogen (secondary N) is 4. The summed E-state index contributed by atoms with van der Waals surface area (Å²) >= 11 is 26.1. The Morgan fingerprint density at radius 3 is 1.10 bits per heavy atom. The van der Waals surface area contributed by atoms with Crippen molar-refractivity contribution in [3.05, 3.63) is 393 Å². The van der Waals surface area contributed by atoms with Gasteiger partial charge in [-0.05, 0) is 129 Å². The number of hydrazone groups is 2. The number of aryl methyl sites for hydroxylation is 1. The summed E-state index contributed by atoms with van der Waals surface area (Å²) in [6, 6.07) is 113. The predicted octanol–water partition coefficient (Wildman–Crippen LogP) is 34.4. The maximum absolute atomic E-state index is 11.3. The Balaban J connectivity index is 0.000000141. The number of nitrogens with zero attached hydrogens (tertiary/aromatic N) is 2. The molecule has 22 aromatic rings. The maximum Gasteiger partial charge on any atom is 0.163 e. The summed E-state index contributed by atoms with van der Waals surface area (Å²) in [4.78, 5) is 28.8. The highest BCUT2D eigenvalue weighted by Gasteiger charge is 2.23. The highest BCUT2D eigenvalue weighted by atomic mass is 35.5. The van der Waals surface area contributed by atoms with Crippen LogP contribution in [0.3, 0.4) is 0 Å². The third kappa shape index (κ3) is 21.4. The van der Waals surface area contributed by atoms with Crippen LogP contribution in [0.4, 0.5) is 11.4 Å². The second kappa shape index (κ2) is 45.4. The van der Waals surface area contributed by atoms with Gasteiger partial charge >= 0.3 is 0 Å². The number of rotatable bonds is 8. The average molecular weight is 1880 g/mol. The molecule has 0 bridgehead atoms. The molecule has 2 aliphatic carbocycles. The minimum atomic E-state index is 0. The van der Waals surface area contributed by atoms with E-state index in [1.807, 2.05) is 279 Å². The molecule has 4 N–H and O–H groups in total. The number of para-hydroxylation sites is 5. The topological polar surface area (TPSA) is 186 Å². The quantitative estimate of drug-likeness (QED) is 0.0648. The first-order valence-corrected chi connectivity index (χ1v) is 46.3. The van der Waals surface area contributed by atoms with Crippen molar-refractivity contribution in [2.45, 2.75) is 99.3 Å². The number of Topliss-reactive ketones (excluding diaryl/α,β-unsaturated/α-hetero) is 2. The lowest BCUT2D eigenvalue weighted by Crippen LogP contribution is -2.09. The first kappa shape index (κ1) is 93.8. The molecule has 0 spiro atoms. The van der Waals surface area contributed by atoms with E-state index in [0.29, 0.717) is 21.6 Å². The molecule has 3 radical (unpaired) electrons. The molecule has 8 heterocycles. The number of hydrogen-bond donors (Lipinski definition) is 4. The van der Waals surface area contributed by atoms with Crippen molar-refractivity contribution in [3.8, 4) is 0 Å². The Bertz CT molecular complexity index is 7680. The molecular formula is C117H108BCl4N6O8. The van der Waals surface area contributed by atoms with Crippen LogP contribution in [-0.2, 0) is 20.7 Å². The lowest BCUT2D eigenvalue weighted by atomic mass is 9.91. The van der Waals surface area contributed by atoms with Crippen molar-refractivity contribution >= 4 is 231 Å². The van der Waals surface area contributed by atoms with E-state index in [1.165, 1.54) is 48.4 Å². The van der Waals surface area contributed by atoms with Crippen molar-refractivity contribution < 1.29 is 42.7 Å². The van der Waals surface area contributed by atoms with E-state index in [4.69, 9.17) is 89.7 Å². The summed E-state index contributed by atoms with van der Waals surface area (Å²) in [6.45, 7) is 4.00. The number of aromatic amines is 2. The molecule has 4 aliphatic rings. The molecule has 136 heavy (non-hydrogen) atoms. The van der Waals surface area contributed by atoms with E-state index in [1.54, 1.807) is 0 Å². The van der Waals surface area contributed by atoms with Crippen molar-refractivity contribution in [2.24, 2.45) is 10.2 Å². The summed E-state index contributed by atoms with van der Waals surface area (Å²) in [7, 11) is 0. The van der Waals surface area contributed by atoms with Gasteiger partial charge in [-0.1, -0.05) is 348 Å². The largest absolute Gasteiger partial charge is 0.454 e. The number of benzene rings is 16. The number of ketones is 2. The molecular weight excluding hydrogens is 1770 g/mol. The fourth-order valence-corrected chi connectivity index (χ4v) is 18.7. The highest BCUT2D eigenvalue weighted by molar-refractivity contribution is 6.42. The highest BCUT2D eigenvalue weighted by Crippen LogP contribution is 2.45. The molecule has 14 nitrogen and oxygen atoms in total. The number of fused-ring (bicyclic) bond motifs is 23. The van der Waals surface area contributed by atoms with Crippen molar-refractivity contribution in [1.29, 1.82) is 0 Å². The number of furan rings is 4. The molecule has 685 valence electrons. The van der Waals surface area contributed by atoms with E-state index in [-0.39, 0.29) is 30.7 Å². The third-order valence-corrected chi connectivity index (χ3v) is 25.1. The van der Waals surface area contributed by atoms with Crippen LogP contribution in [-0.4, -0.2) is 67.8 Å². The molecule has 2 saturated heterocycles. The van der Waals surface area contributed by atoms with Gasteiger partial charge in [-0.3, -0.25) is 20.4 Å². The summed E-state index contributed by atoms with van der Waals surface area (Å²) in [5.41, 5.74) is 26.5. The minimum absolute atomic E-state index is 0. The molecule has 19 heteroatoms. The van der Waals surface area contributed by atoms with E-state index in [9.17, 15) is 9.59 Å². The van der Waals surface area contributed by atoms with Gasteiger partial charge in [0.15, 0.2) is 28.1 Å². The number of H-pyrrole nitrogens is 2. The first-order valence-electron chi connectivity index (χ1n) is 46.8. The zero-order valence-electron chi connectivity index (χ0n) is 76.9. The summed E-state index contributed by atoms with van der Waals surface area (Å²) in [6.07, 6.45) is 13.2. The molecule has 6 aromatic heterocycles. The van der Waals surface area contributed by atoms with Gasteiger partial charge in [-0.2, -0.15) is 10.2 Å². The molecule has 0 unspecified atom stereocenters. The van der Waals surface area contributed by atoms with E-state index < -0.39 is 0 Å². The first-order chi connectivity index (χ1) is 67.0. The Morgan fingerprint density at radius 2 is 0.684 bits per heavy atom. The van der Waals surface area contributed by atoms with Gasteiger partial charge in [-0.15, -0.1) is 0 Å². The van der Waals surface area contributed by atoms with Gasteiger partial charge in [0.1, 0.15) is 39.5 Å². The standard InChI is InChI=1S/2C25H17ClN2O.C22H12ClNO.C18H10ClNO.C10H10O.C6H10O.2C4H8O.3CH4.B.2H2/c2*26-19-15-21-20-13-7-8-14-23(20)29-25(21)22(16-19)27-28-24(17-9-3-1-4-10-17)18-11-5-2-6-12-18;23-17-11-16-14-7-3-4-8-18(14)25-22(16)21-19(17)15-10-9-12-5-1-2-6-13(12)20(15)24-21;19-13-9-12-10-5-2-4-8-15(10)21-18(12)17-16(13)11-6-1-3-7-14(11)20-17;11-10-7-3-5-8-4-1-2-6-9(8)10;7-6-4-2-1-3-5-6;2*1-2-4-5-3-1;;;;;;/h2*1-16,27H;1-11,24H;1-9,20H;1-2,4,6H,3,5,7H2;1-5H2;2*1-4H2;3*1H4;;2*1H/i;;;;;;;;;;;;2*1+1D. The number of anilines is 2. The molecule has 2 aliphatic heterocycles. The smallest absolute Gasteiger partial charge is 0.163 e. The second-order valence-corrected chi connectivity index (χ2v) is 34.5. The van der Waals surface area contributed by atoms with E-state index >= 15 is 0 Å². The van der Waals surface area contributed by atoms with Crippen molar-refractivity contribution in [3.63, 3.8) is 0 Å². The predicted molar refractivity (Wildman–Crippen MR) is 578 cm³/mol. The molecule has 26 rings (SSSR count). The van der Waals surface area contributed by atoms with Crippen molar-refractivity contribution in [2.75, 3.05) is 37.3 Å². The van der Waals surface area contributed by atoms with E-state index in [2.05, 4.69) is 81.5 Å². The van der Waals surface area contributed by atoms with Crippen LogP contribution < -0.4 is 10.9 Å². The van der Waals surface area contributed by atoms with Crippen molar-refractivity contribution in [1.82, 2.24) is 9.97 Å². The summed E-state index contributed by atoms with van der Waals surface area (Å²) in [5, 5.41) is 27.2. The Labute approximate surface area is 818 Å². The van der Waals surface area contributed by atoms with Crippen LogP contribution in [0.25, 0.3) is 142 Å². The average Bonchev–Trinajstić information content (AvgIpc) is 1.57. The molecule has 16 aromatic carbocycles. The molecule has 0 atom stereocenters. The minimum Gasteiger partial charge on any atom is -0.454 e. The van der Waals surface area contributed by atoms with Crippen LogP contribution in [0.15, 0.2) is 368 Å². The lowest BCUT2D eigenvalue weighted by Gasteiger charge is -2.12. The third-order valence-electron chi connectivity index (χ3n) is 24.0. The number of carbonyl (C=O) groups excluding carboxylic acids is 2. The summed E-state index contributed by atoms with van der Waals surface area (Å²) in [5.74, 6) is 0.776. The lowest BCUT2D eigenvalue weighted by molar-refractivity contribution is -0.120. The van der Waals surface area contributed by atoms with E-state index in [0.717, 1.165) is 263 Å². The monoisotopic (exact) mass is 1880 g/mol. The second-order valence-electron chi connectivity index (χ2n) is 32.8. The van der Waals surface area contributed by atoms with Gasteiger partial charge < -0.3 is 37.1 Å². The number of aromatic nitrogens is 2. The summed E-state index contributed by atoms with van der Waals surface area (Å²) < 4.78 is 54.3. The number of ether oxygens (including phenoxy) is 2. The van der Waals surface area contributed by atoms with Crippen LogP contribution >= 0.6 is 46.4 Å². The molecule has 0 amide bonds. The molecule has 1 saturated carbocycles. The van der Waals surface area contributed by atoms with Gasteiger partial charge in [0, 0.05) is 173 Å². The van der Waals surface area contributed by atoms with Crippen LogP contribution in [0.2, 0.25) is 20.1 Å². The van der Waals surface area contributed by atoms with Gasteiger partial charge in [0.25, 0.3) is 0 Å². The fourth-order valence-electron chi connectivity index (χ4n) is 17.6. The SMILES string of the molecule is C.C.C.C1CCOC1.C1CCOC1.Clc1cc(NN=C(c2ccccc2)c2ccccc2)c2oc3ccccc3c2c1.Clc1cc(NN=C(c2ccccc2)c2ccccc2)c2oc3ccccc3c2c1.Clc1cc2c3ccccc3oc2c2[nH]c3c4ccccc4ccc3c12.Clc1cc2c3ccccc3oc2c2[nH]c3ccccc3c12.O=C1CCCCC1.O=C1CCCc2ccccc21.[2H][2H].[2H][2H].[B]. The number of carbonyl (C=O) groups is 2. The van der Waals surface area contributed by atoms with Gasteiger partial charge in [-0.25, -0.2) is 0 Å². The van der Waals surface area contributed by atoms with Gasteiger partial charge in [0.2, 0.25) is 0 Å². The normalized spacial score (nSPS) is 13.1. The fraction of sp³-hybridized carbons (Fsp3) is 0.162. The maximum atomic E-state index is 11.3. The Morgan fingerprint density at radius 1 is 0.316 bits per heavy atom. The number of hydrogen-bond acceptors (Lipinski definition) is 12. The Hall–Kier alpha value is -14.0. The Kier molecular flexibility index (Phi) is 31.3. The zero-order chi connectivity index (χ0) is 93.6. The van der Waals surface area contributed by atoms with Crippen LogP contribution in [0.1, 0.15) is 137 Å².